The number of rotatable bonds is 3. The maximum atomic E-state index is 12.2. The molecule has 0 aromatic heterocycles. The van der Waals surface area contributed by atoms with E-state index in [9.17, 15) is 9.90 Å². The minimum atomic E-state index is -0.182. The molecule has 0 atom stereocenters. The normalized spacial score (nSPS) is 14.9. The van der Waals surface area contributed by atoms with Crippen molar-refractivity contribution in [2.45, 2.75) is 6.92 Å². The lowest BCUT2D eigenvalue weighted by molar-refractivity contribution is 0.101. The quantitative estimate of drug-likeness (QED) is 0.876. The third kappa shape index (κ3) is 2.60. The van der Waals surface area contributed by atoms with Crippen LogP contribution in [0.4, 0.5) is 0 Å². The maximum Gasteiger partial charge on any atom is 0.231 e. The molecule has 0 radical (unpaired) electrons. The highest BCUT2D eigenvalue weighted by atomic mass is 16.5. The Labute approximate surface area is 122 Å². The summed E-state index contributed by atoms with van der Waals surface area (Å²) in [4.78, 5) is 12.2. The zero-order valence-corrected chi connectivity index (χ0v) is 11.5. The Morgan fingerprint density at radius 2 is 1.95 bits per heavy atom. The van der Waals surface area contributed by atoms with Gasteiger partial charge < -0.3 is 14.6 Å². The Morgan fingerprint density at radius 3 is 2.67 bits per heavy atom. The van der Waals surface area contributed by atoms with Gasteiger partial charge in [-0.3, -0.25) is 4.79 Å². The average Bonchev–Trinajstić information content (AvgIpc) is 2.77. The van der Waals surface area contributed by atoms with E-state index in [-0.39, 0.29) is 17.3 Å². The Kier molecular flexibility index (Phi) is 3.36. The van der Waals surface area contributed by atoms with Gasteiger partial charge in [0.1, 0.15) is 17.2 Å². The summed E-state index contributed by atoms with van der Waals surface area (Å²) in [5.41, 5.74) is 1.31. The van der Waals surface area contributed by atoms with Gasteiger partial charge in [0.25, 0.3) is 0 Å². The Bertz CT molecular complexity index is 714. The zero-order valence-electron chi connectivity index (χ0n) is 11.5. The second-order valence-corrected chi connectivity index (χ2v) is 4.62. The number of aromatic hydroxyl groups is 1. The number of phenols is 1. The van der Waals surface area contributed by atoms with E-state index in [1.54, 1.807) is 12.1 Å². The monoisotopic (exact) mass is 282 g/mol. The first kappa shape index (κ1) is 13.2. The number of carbonyl (C=O) groups excluding carboxylic acids is 1. The zero-order chi connectivity index (χ0) is 14.8. The minimum absolute atomic E-state index is 0.0730. The van der Waals surface area contributed by atoms with Gasteiger partial charge in [-0.2, -0.15) is 0 Å². The van der Waals surface area contributed by atoms with Gasteiger partial charge in [-0.15, -0.1) is 0 Å². The van der Waals surface area contributed by atoms with Crippen molar-refractivity contribution in [3.8, 4) is 17.2 Å². The number of fused-ring (bicyclic) bond motifs is 1. The fraction of sp³-hybridized carbons (Fsp3) is 0.118. The van der Waals surface area contributed by atoms with Gasteiger partial charge in [-0.25, -0.2) is 0 Å². The highest BCUT2D eigenvalue weighted by Gasteiger charge is 2.27. The largest absolute Gasteiger partial charge is 0.508 e. The maximum absolute atomic E-state index is 12.2. The molecule has 0 spiro atoms. The molecule has 0 aliphatic carbocycles. The molecule has 1 N–H and O–H groups in total. The summed E-state index contributed by atoms with van der Waals surface area (Å²) in [6.07, 6.45) is 1.68. The molecule has 0 bridgehead atoms. The second kappa shape index (κ2) is 5.32. The third-order valence-electron chi connectivity index (χ3n) is 3.14. The molecule has 4 heteroatoms. The average molecular weight is 282 g/mol. The molecule has 4 nitrogen and oxygen atoms in total. The first-order chi connectivity index (χ1) is 10.2. The number of Topliss-reactive ketones (excluding diaryl/α,β-unsaturated/α-hetero) is 1. The summed E-state index contributed by atoms with van der Waals surface area (Å²) in [6.45, 7) is 2.54. The van der Waals surface area contributed by atoms with E-state index in [0.29, 0.717) is 17.9 Å². The molecule has 0 unspecified atom stereocenters. The fourth-order valence-corrected chi connectivity index (χ4v) is 2.15. The molecular formula is C17H14O4. The summed E-state index contributed by atoms with van der Waals surface area (Å²) in [5, 5.41) is 9.42. The number of phenolic OH excluding ortho intramolecular Hbond substituents is 1. The van der Waals surface area contributed by atoms with Crippen LogP contribution >= 0.6 is 0 Å². The smallest absolute Gasteiger partial charge is 0.231 e. The predicted octanol–water partition coefficient (Wildman–Crippen LogP) is 3.41. The molecule has 3 rings (SSSR count). The van der Waals surface area contributed by atoms with Crippen LogP contribution in [0.15, 0.2) is 48.2 Å². The molecule has 1 aliphatic heterocycles. The van der Waals surface area contributed by atoms with E-state index in [1.807, 2.05) is 31.2 Å². The summed E-state index contributed by atoms with van der Waals surface area (Å²) < 4.78 is 10.9. The van der Waals surface area contributed by atoms with Crippen molar-refractivity contribution in [3.05, 3.63) is 59.4 Å². The molecule has 21 heavy (non-hydrogen) atoms. The van der Waals surface area contributed by atoms with Crippen molar-refractivity contribution in [1.29, 1.82) is 0 Å². The molecule has 1 aliphatic rings. The molecule has 0 amide bonds. The topological polar surface area (TPSA) is 55.8 Å². The molecular weight excluding hydrogens is 268 g/mol. The van der Waals surface area contributed by atoms with Crippen LogP contribution in [0, 0.1) is 0 Å². The van der Waals surface area contributed by atoms with Crippen LogP contribution in [-0.4, -0.2) is 17.5 Å². The molecule has 1 heterocycles. The summed E-state index contributed by atoms with van der Waals surface area (Å²) in [5.74, 6) is 1.31. The SMILES string of the molecule is CCOc1ccc(/C=C2/Oc3cc(O)ccc3C2=O)cc1. The van der Waals surface area contributed by atoms with Crippen LogP contribution in [0.25, 0.3) is 6.08 Å². The lowest BCUT2D eigenvalue weighted by atomic mass is 10.1. The van der Waals surface area contributed by atoms with Gasteiger partial charge in [0.05, 0.1) is 12.2 Å². The number of ether oxygens (including phenoxy) is 2. The first-order valence-corrected chi connectivity index (χ1v) is 6.67. The molecule has 0 fully saturated rings. The lowest BCUT2D eigenvalue weighted by Gasteiger charge is -2.03. The number of carbonyl (C=O) groups is 1. The van der Waals surface area contributed by atoms with E-state index < -0.39 is 0 Å². The van der Waals surface area contributed by atoms with Crippen molar-refractivity contribution < 1.29 is 19.4 Å². The molecule has 106 valence electrons. The number of ketones is 1. The van der Waals surface area contributed by atoms with Gasteiger partial charge >= 0.3 is 0 Å². The van der Waals surface area contributed by atoms with Crippen molar-refractivity contribution in [2.75, 3.05) is 6.61 Å². The van der Waals surface area contributed by atoms with Crippen molar-refractivity contribution >= 4 is 11.9 Å². The van der Waals surface area contributed by atoms with Crippen LogP contribution < -0.4 is 9.47 Å². The summed E-state index contributed by atoms with van der Waals surface area (Å²) in [6, 6.07) is 11.9. The van der Waals surface area contributed by atoms with Crippen LogP contribution in [0.3, 0.4) is 0 Å². The standard InChI is InChI=1S/C17H14O4/c1-2-20-13-6-3-11(4-7-13)9-16-17(19)14-8-5-12(18)10-15(14)21-16/h3-10,18H,2H2,1H3/b16-9+. The first-order valence-electron chi connectivity index (χ1n) is 6.67. The van der Waals surface area contributed by atoms with E-state index >= 15 is 0 Å². The van der Waals surface area contributed by atoms with Crippen LogP contribution in [0.1, 0.15) is 22.8 Å². The number of hydrogen-bond donors (Lipinski definition) is 1. The number of allylic oxidation sites excluding steroid dienone is 1. The Balaban J connectivity index is 1.86. The molecule has 0 saturated heterocycles. The van der Waals surface area contributed by atoms with Crippen molar-refractivity contribution in [1.82, 2.24) is 0 Å². The fourth-order valence-electron chi connectivity index (χ4n) is 2.15. The van der Waals surface area contributed by atoms with Crippen LogP contribution in [-0.2, 0) is 0 Å². The van der Waals surface area contributed by atoms with Gasteiger partial charge in [0.15, 0.2) is 5.76 Å². The van der Waals surface area contributed by atoms with Crippen LogP contribution in [0.5, 0.6) is 17.2 Å². The summed E-state index contributed by atoms with van der Waals surface area (Å²) in [7, 11) is 0. The van der Waals surface area contributed by atoms with E-state index in [0.717, 1.165) is 11.3 Å². The second-order valence-electron chi connectivity index (χ2n) is 4.62. The van der Waals surface area contributed by atoms with Crippen molar-refractivity contribution in [3.63, 3.8) is 0 Å². The van der Waals surface area contributed by atoms with E-state index in [4.69, 9.17) is 9.47 Å². The van der Waals surface area contributed by atoms with Gasteiger partial charge in [0, 0.05) is 6.07 Å². The number of benzene rings is 2. The lowest BCUT2D eigenvalue weighted by Crippen LogP contribution is -1.98. The predicted molar refractivity (Wildman–Crippen MR) is 78.7 cm³/mol. The van der Waals surface area contributed by atoms with Gasteiger partial charge in [0.2, 0.25) is 5.78 Å². The third-order valence-corrected chi connectivity index (χ3v) is 3.14. The molecule has 2 aromatic carbocycles. The minimum Gasteiger partial charge on any atom is -0.508 e. The van der Waals surface area contributed by atoms with E-state index in [2.05, 4.69) is 0 Å². The molecule has 2 aromatic rings. The van der Waals surface area contributed by atoms with Gasteiger partial charge in [-0.05, 0) is 42.8 Å². The van der Waals surface area contributed by atoms with Gasteiger partial charge in [-0.1, -0.05) is 12.1 Å². The Morgan fingerprint density at radius 1 is 1.19 bits per heavy atom. The van der Waals surface area contributed by atoms with Crippen LogP contribution in [0.2, 0.25) is 0 Å². The Hall–Kier alpha value is -2.75. The molecule has 0 saturated carbocycles. The van der Waals surface area contributed by atoms with E-state index in [1.165, 1.54) is 12.1 Å². The highest BCUT2D eigenvalue weighted by Crippen LogP contribution is 2.34. The number of hydrogen-bond acceptors (Lipinski definition) is 4. The summed E-state index contributed by atoms with van der Waals surface area (Å²) >= 11 is 0. The highest BCUT2D eigenvalue weighted by molar-refractivity contribution is 6.14. The van der Waals surface area contributed by atoms with Crippen molar-refractivity contribution in [2.24, 2.45) is 0 Å².